The summed E-state index contributed by atoms with van der Waals surface area (Å²) in [5.41, 5.74) is 2.25. The third-order valence-electron chi connectivity index (χ3n) is 2.38. The van der Waals surface area contributed by atoms with Crippen molar-refractivity contribution in [1.29, 1.82) is 0 Å². The first kappa shape index (κ1) is 11.3. The van der Waals surface area contributed by atoms with Crippen molar-refractivity contribution in [3.05, 3.63) is 29.8 Å². The summed E-state index contributed by atoms with van der Waals surface area (Å²) in [5.74, 6) is 5.86. The summed E-state index contributed by atoms with van der Waals surface area (Å²) in [6.07, 6.45) is 0.143. The van der Waals surface area contributed by atoms with Gasteiger partial charge < -0.3 is 9.75 Å². The molecule has 1 aromatic rings. The minimum atomic E-state index is 0. The number of fused-ring (bicyclic) bond motifs is 1. The van der Waals surface area contributed by atoms with Gasteiger partial charge in [-0.15, -0.1) is 12.4 Å². The van der Waals surface area contributed by atoms with Gasteiger partial charge in [0.1, 0.15) is 0 Å². The van der Waals surface area contributed by atoms with Crippen LogP contribution in [0.15, 0.2) is 24.3 Å². The van der Waals surface area contributed by atoms with Crippen molar-refractivity contribution in [1.82, 2.24) is 0 Å². The number of nitrogens with two attached hydrogens (primary N) is 1. The first-order chi connectivity index (χ1) is 6.29. The van der Waals surface area contributed by atoms with Crippen molar-refractivity contribution in [2.45, 2.75) is 13.0 Å². The minimum absolute atomic E-state index is 0. The molecule has 1 heterocycles. The molecule has 0 saturated heterocycles. The first-order valence-corrected chi connectivity index (χ1v) is 4.52. The summed E-state index contributed by atoms with van der Waals surface area (Å²) in [4.78, 5) is 0. The van der Waals surface area contributed by atoms with Gasteiger partial charge in [-0.05, 0) is 13.0 Å². The van der Waals surface area contributed by atoms with Gasteiger partial charge in [0.05, 0.1) is 24.9 Å². The second kappa shape index (κ2) is 4.64. The maximum atomic E-state index is 5.86. The second-order valence-corrected chi connectivity index (χ2v) is 3.27. The highest BCUT2D eigenvalue weighted by Crippen LogP contribution is 2.28. The van der Waals surface area contributed by atoms with Crippen molar-refractivity contribution in [2.75, 3.05) is 18.2 Å². The molecule has 0 bridgehead atoms. The van der Waals surface area contributed by atoms with Crippen LogP contribution in [0.1, 0.15) is 18.6 Å². The fraction of sp³-hybridized carbons (Fsp3) is 0.400. The van der Waals surface area contributed by atoms with Crippen LogP contribution in [0.3, 0.4) is 0 Å². The molecule has 3 nitrogen and oxygen atoms in total. The Morgan fingerprint density at radius 2 is 2.14 bits per heavy atom. The van der Waals surface area contributed by atoms with E-state index in [9.17, 15) is 0 Å². The molecule has 0 aromatic heterocycles. The molecule has 0 saturated carbocycles. The van der Waals surface area contributed by atoms with E-state index in [2.05, 4.69) is 13.0 Å². The SMILES string of the molecule is CC1OCCN(N)c2ccccc21.Cl. The number of rotatable bonds is 0. The number of hydrogen-bond donors (Lipinski definition) is 1. The number of hydrogen-bond acceptors (Lipinski definition) is 3. The molecule has 1 aromatic carbocycles. The Morgan fingerprint density at radius 3 is 2.93 bits per heavy atom. The van der Waals surface area contributed by atoms with E-state index in [4.69, 9.17) is 10.6 Å². The van der Waals surface area contributed by atoms with Crippen LogP contribution in [0.25, 0.3) is 0 Å². The van der Waals surface area contributed by atoms with Crippen molar-refractivity contribution in [3.8, 4) is 0 Å². The van der Waals surface area contributed by atoms with Gasteiger partial charge in [-0.3, -0.25) is 0 Å². The van der Waals surface area contributed by atoms with Gasteiger partial charge in [-0.2, -0.15) is 0 Å². The Morgan fingerprint density at radius 1 is 1.43 bits per heavy atom. The molecule has 4 heteroatoms. The van der Waals surface area contributed by atoms with Crippen molar-refractivity contribution >= 4 is 18.1 Å². The van der Waals surface area contributed by atoms with E-state index in [0.29, 0.717) is 6.61 Å². The van der Waals surface area contributed by atoms with E-state index in [-0.39, 0.29) is 18.5 Å². The Kier molecular flexibility index (Phi) is 3.75. The summed E-state index contributed by atoms with van der Waals surface area (Å²) in [6, 6.07) is 8.10. The lowest BCUT2D eigenvalue weighted by atomic mass is 10.1. The van der Waals surface area contributed by atoms with Crippen LogP contribution in [-0.2, 0) is 4.74 Å². The molecule has 14 heavy (non-hydrogen) atoms. The highest BCUT2D eigenvalue weighted by molar-refractivity contribution is 5.85. The average Bonchev–Trinajstić information content (AvgIpc) is 2.29. The van der Waals surface area contributed by atoms with Crippen molar-refractivity contribution in [3.63, 3.8) is 0 Å². The maximum Gasteiger partial charge on any atom is 0.0818 e. The molecule has 2 rings (SSSR count). The fourth-order valence-corrected chi connectivity index (χ4v) is 1.63. The van der Waals surface area contributed by atoms with Crippen LogP contribution in [0.5, 0.6) is 0 Å². The lowest BCUT2D eigenvalue weighted by molar-refractivity contribution is 0.0760. The highest BCUT2D eigenvalue weighted by Gasteiger charge is 2.17. The molecule has 1 aliphatic heterocycles. The Bertz CT molecular complexity index is 277. The number of benzene rings is 1. The molecular formula is C10H15ClN2O. The van der Waals surface area contributed by atoms with Crippen molar-refractivity contribution in [2.24, 2.45) is 5.84 Å². The highest BCUT2D eigenvalue weighted by atomic mass is 35.5. The Hall–Kier alpha value is -0.770. The van der Waals surface area contributed by atoms with Crippen LogP contribution in [0.4, 0.5) is 5.69 Å². The molecule has 2 N–H and O–H groups in total. The smallest absolute Gasteiger partial charge is 0.0818 e. The van der Waals surface area contributed by atoms with Gasteiger partial charge in [0.15, 0.2) is 0 Å². The summed E-state index contributed by atoms with van der Waals surface area (Å²) < 4.78 is 5.58. The van der Waals surface area contributed by atoms with Gasteiger partial charge in [-0.1, -0.05) is 18.2 Å². The van der Waals surface area contributed by atoms with Gasteiger partial charge in [-0.25, -0.2) is 5.84 Å². The summed E-state index contributed by atoms with van der Waals surface area (Å²) in [6.45, 7) is 3.49. The normalized spacial score (nSPS) is 20.7. The Labute approximate surface area is 90.2 Å². The zero-order valence-corrected chi connectivity index (χ0v) is 8.96. The third kappa shape index (κ3) is 2.00. The van der Waals surface area contributed by atoms with E-state index in [0.717, 1.165) is 12.2 Å². The molecule has 0 radical (unpaired) electrons. The summed E-state index contributed by atoms with van der Waals surface area (Å²) in [5, 5.41) is 1.75. The third-order valence-corrected chi connectivity index (χ3v) is 2.38. The fourth-order valence-electron chi connectivity index (χ4n) is 1.63. The first-order valence-electron chi connectivity index (χ1n) is 4.52. The van der Waals surface area contributed by atoms with Crippen molar-refractivity contribution < 1.29 is 4.74 Å². The maximum absolute atomic E-state index is 5.86. The van der Waals surface area contributed by atoms with Gasteiger partial charge in [0, 0.05) is 5.56 Å². The van der Waals surface area contributed by atoms with Crippen LogP contribution in [0.2, 0.25) is 0 Å². The predicted octanol–water partition coefficient (Wildman–Crippen LogP) is 1.88. The van der Waals surface area contributed by atoms with E-state index < -0.39 is 0 Å². The molecule has 1 unspecified atom stereocenters. The van der Waals surface area contributed by atoms with Crippen LogP contribution >= 0.6 is 12.4 Å². The number of anilines is 1. The second-order valence-electron chi connectivity index (χ2n) is 3.27. The molecule has 0 amide bonds. The molecule has 1 atom stereocenters. The minimum Gasteiger partial charge on any atom is -0.372 e. The lowest BCUT2D eigenvalue weighted by Crippen LogP contribution is -2.33. The number of hydrazine groups is 1. The number of halogens is 1. The standard InChI is InChI=1S/C10H14N2O.ClH/c1-8-9-4-2-3-5-10(9)12(11)6-7-13-8;/h2-5,8H,6-7,11H2,1H3;1H. The van der Waals surface area contributed by atoms with Crippen LogP contribution in [0, 0.1) is 0 Å². The molecular weight excluding hydrogens is 200 g/mol. The zero-order chi connectivity index (χ0) is 9.26. The molecule has 0 spiro atoms. The zero-order valence-electron chi connectivity index (χ0n) is 8.14. The molecule has 1 aliphatic rings. The monoisotopic (exact) mass is 214 g/mol. The lowest BCUT2D eigenvalue weighted by Gasteiger charge is -2.18. The average molecular weight is 215 g/mol. The van der Waals surface area contributed by atoms with E-state index >= 15 is 0 Å². The summed E-state index contributed by atoms with van der Waals surface area (Å²) in [7, 11) is 0. The van der Waals surface area contributed by atoms with Gasteiger partial charge in [0.2, 0.25) is 0 Å². The number of nitrogens with zero attached hydrogens (tertiary/aromatic N) is 1. The number of ether oxygens (including phenoxy) is 1. The van der Waals surface area contributed by atoms with Crippen LogP contribution in [-0.4, -0.2) is 13.2 Å². The van der Waals surface area contributed by atoms with Crippen LogP contribution < -0.4 is 10.9 Å². The van der Waals surface area contributed by atoms with E-state index in [1.807, 2.05) is 18.2 Å². The van der Waals surface area contributed by atoms with E-state index in [1.165, 1.54) is 5.56 Å². The van der Waals surface area contributed by atoms with Gasteiger partial charge >= 0.3 is 0 Å². The predicted molar refractivity (Wildman–Crippen MR) is 59.6 cm³/mol. The molecule has 78 valence electrons. The molecule has 0 aliphatic carbocycles. The molecule has 0 fully saturated rings. The van der Waals surface area contributed by atoms with Gasteiger partial charge in [0.25, 0.3) is 0 Å². The largest absolute Gasteiger partial charge is 0.372 e. The topological polar surface area (TPSA) is 38.5 Å². The quantitative estimate of drug-likeness (QED) is 0.671. The number of para-hydroxylation sites is 1. The Balaban J connectivity index is 0.000000980. The van der Waals surface area contributed by atoms with E-state index in [1.54, 1.807) is 5.01 Å². The summed E-state index contributed by atoms with van der Waals surface area (Å²) >= 11 is 0.